The molecule has 0 aliphatic rings. The van der Waals surface area contributed by atoms with Crippen molar-refractivity contribution in [2.45, 2.75) is 27.2 Å². The van der Waals surface area contributed by atoms with E-state index in [-0.39, 0.29) is 0 Å². The molecule has 0 fully saturated rings. The van der Waals surface area contributed by atoms with Crippen LogP contribution in [0.5, 0.6) is 0 Å². The van der Waals surface area contributed by atoms with Crippen molar-refractivity contribution >= 4 is 11.9 Å². The summed E-state index contributed by atoms with van der Waals surface area (Å²) in [6.45, 7) is 6.66. The van der Waals surface area contributed by atoms with Crippen molar-refractivity contribution < 1.29 is 14.3 Å². The SMILES string of the molecule is COC(=O)C(=O)NCCc1ccc(C)c(C)c1C. The smallest absolute Gasteiger partial charge is 0.396 e. The zero-order chi connectivity index (χ0) is 13.7. The molecule has 4 nitrogen and oxygen atoms in total. The average Bonchev–Trinajstić information content (AvgIpc) is 2.37. The number of methoxy groups -OCH3 is 1. The second-order valence-corrected chi connectivity index (χ2v) is 4.29. The third-order valence-corrected chi connectivity index (χ3v) is 3.22. The van der Waals surface area contributed by atoms with Gasteiger partial charge in [-0.15, -0.1) is 0 Å². The van der Waals surface area contributed by atoms with Gasteiger partial charge in [0.25, 0.3) is 0 Å². The van der Waals surface area contributed by atoms with Crippen molar-refractivity contribution in [2.75, 3.05) is 13.7 Å². The van der Waals surface area contributed by atoms with Crippen LogP contribution in [0.15, 0.2) is 12.1 Å². The number of rotatable bonds is 3. The van der Waals surface area contributed by atoms with Gasteiger partial charge in [-0.3, -0.25) is 4.79 Å². The van der Waals surface area contributed by atoms with Crippen LogP contribution in [-0.2, 0) is 20.7 Å². The van der Waals surface area contributed by atoms with E-state index in [2.05, 4.69) is 43.0 Å². The molecule has 0 saturated heterocycles. The fraction of sp³-hybridized carbons (Fsp3) is 0.429. The van der Waals surface area contributed by atoms with Gasteiger partial charge in [-0.1, -0.05) is 12.1 Å². The van der Waals surface area contributed by atoms with Crippen LogP contribution in [0.3, 0.4) is 0 Å². The number of amides is 1. The predicted molar refractivity (Wildman–Crippen MR) is 69.4 cm³/mol. The standard InChI is InChI=1S/C14H19NO3/c1-9-5-6-12(11(3)10(9)2)7-8-15-13(16)14(17)18-4/h5-6H,7-8H2,1-4H3,(H,15,16). The molecule has 4 heteroatoms. The normalized spacial score (nSPS) is 10.0. The lowest BCUT2D eigenvalue weighted by molar-refractivity contribution is -0.152. The van der Waals surface area contributed by atoms with E-state index in [1.807, 2.05) is 0 Å². The monoisotopic (exact) mass is 249 g/mol. The van der Waals surface area contributed by atoms with Gasteiger partial charge < -0.3 is 10.1 Å². The molecule has 0 aromatic heterocycles. The van der Waals surface area contributed by atoms with Crippen molar-refractivity contribution in [1.82, 2.24) is 5.32 Å². The summed E-state index contributed by atoms with van der Waals surface area (Å²) in [6, 6.07) is 4.13. The van der Waals surface area contributed by atoms with Crippen LogP contribution in [0.4, 0.5) is 0 Å². The van der Waals surface area contributed by atoms with E-state index in [1.54, 1.807) is 0 Å². The number of ether oxygens (including phenoxy) is 1. The quantitative estimate of drug-likeness (QED) is 0.651. The van der Waals surface area contributed by atoms with E-state index in [1.165, 1.54) is 29.4 Å². The van der Waals surface area contributed by atoms with E-state index in [0.717, 1.165) is 0 Å². The maximum Gasteiger partial charge on any atom is 0.396 e. The minimum absolute atomic E-state index is 0.428. The molecule has 0 bridgehead atoms. The molecule has 0 aliphatic heterocycles. The molecule has 1 amide bonds. The number of nitrogens with one attached hydrogen (secondary N) is 1. The van der Waals surface area contributed by atoms with Crippen LogP contribution in [0.1, 0.15) is 22.3 Å². The summed E-state index contributed by atoms with van der Waals surface area (Å²) < 4.78 is 4.32. The van der Waals surface area contributed by atoms with Crippen LogP contribution in [0, 0.1) is 20.8 Å². The fourth-order valence-corrected chi connectivity index (χ4v) is 1.76. The summed E-state index contributed by atoms with van der Waals surface area (Å²) in [7, 11) is 1.19. The van der Waals surface area contributed by atoms with Gasteiger partial charge in [0.1, 0.15) is 0 Å². The third kappa shape index (κ3) is 3.32. The van der Waals surface area contributed by atoms with Crippen molar-refractivity contribution in [2.24, 2.45) is 0 Å². The molecule has 1 aromatic rings. The highest BCUT2D eigenvalue weighted by molar-refractivity contribution is 6.32. The largest absolute Gasteiger partial charge is 0.462 e. The van der Waals surface area contributed by atoms with Gasteiger partial charge >= 0.3 is 11.9 Å². The lowest BCUT2D eigenvalue weighted by Crippen LogP contribution is -2.33. The molecular formula is C14H19NO3. The molecular weight excluding hydrogens is 230 g/mol. The molecule has 0 saturated carbocycles. The molecule has 0 aliphatic carbocycles. The number of carbonyl (C=O) groups excluding carboxylic acids is 2. The van der Waals surface area contributed by atoms with E-state index in [0.29, 0.717) is 13.0 Å². The molecule has 0 atom stereocenters. The Hall–Kier alpha value is -1.84. The van der Waals surface area contributed by atoms with E-state index in [9.17, 15) is 9.59 Å². The Bertz CT molecular complexity index is 466. The van der Waals surface area contributed by atoms with Gasteiger partial charge in [0.15, 0.2) is 0 Å². The zero-order valence-corrected chi connectivity index (χ0v) is 11.3. The maximum atomic E-state index is 11.2. The molecule has 1 rings (SSSR count). The van der Waals surface area contributed by atoms with Crippen LogP contribution >= 0.6 is 0 Å². The summed E-state index contributed by atoms with van der Waals surface area (Å²) in [5, 5.41) is 2.53. The van der Waals surface area contributed by atoms with Crippen molar-refractivity contribution in [3.8, 4) is 0 Å². The lowest BCUT2D eigenvalue weighted by atomic mass is 9.97. The molecule has 98 valence electrons. The van der Waals surface area contributed by atoms with Crippen molar-refractivity contribution in [3.63, 3.8) is 0 Å². The molecule has 0 spiro atoms. The summed E-state index contributed by atoms with van der Waals surface area (Å²) >= 11 is 0. The van der Waals surface area contributed by atoms with Gasteiger partial charge in [0, 0.05) is 6.54 Å². The van der Waals surface area contributed by atoms with Crippen molar-refractivity contribution in [1.29, 1.82) is 0 Å². The number of benzene rings is 1. The summed E-state index contributed by atoms with van der Waals surface area (Å²) in [5.74, 6) is -1.55. The molecule has 0 radical (unpaired) electrons. The molecule has 18 heavy (non-hydrogen) atoms. The maximum absolute atomic E-state index is 11.2. The van der Waals surface area contributed by atoms with E-state index in [4.69, 9.17) is 0 Å². The molecule has 1 N–H and O–H groups in total. The highest BCUT2D eigenvalue weighted by atomic mass is 16.5. The molecule has 0 unspecified atom stereocenters. The average molecular weight is 249 g/mol. The van der Waals surface area contributed by atoms with Gasteiger partial charge in [0.2, 0.25) is 0 Å². The van der Waals surface area contributed by atoms with Crippen LogP contribution in [0.2, 0.25) is 0 Å². The Balaban J connectivity index is 2.57. The van der Waals surface area contributed by atoms with Gasteiger partial charge in [-0.2, -0.15) is 0 Å². The Morgan fingerprint density at radius 3 is 2.44 bits per heavy atom. The Morgan fingerprint density at radius 1 is 1.17 bits per heavy atom. The highest BCUT2D eigenvalue weighted by Gasteiger charge is 2.12. The molecule has 0 heterocycles. The van der Waals surface area contributed by atoms with Gasteiger partial charge in [0.05, 0.1) is 7.11 Å². The zero-order valence-electron chi connectivity index (χ0n) is 11.3. The highest BCUT2D eigenvalue weighted by Crippen LogP contribution is 2.17. The first-order chi connectivity index (χ1) is 8.47. The van der Waals surface area contributed by atoms with Gasteiger partial charge in [-0.05, 0) is 49.4 Å². The first-order valence-corrected chi connectivity index (χ1v) is 5.89. The Kier molecular flexibility index (Phi) is 4.89. The third-order valence-electron chi connectivity index (χ3n) is 3.22. The second kappa shape index (κ2) is 6.19. The van der Waals surface area contributed by atoms with Crippen LogP contribution in [-0.4, -0.2) is 25.5 Å². The van der Waals surface area contributed by atoms with Gasteiger partial charge in [-0.25, -0.2) is 4.79 Å². The first kappa shape index (κ1) is 14.2. The first-order valence-electron chi connectivity index (χ1n) is 5.89. The Labute approximate surface area is 107 Å². The minimum atomic E-state index is -0.855. The summed E-state index contributed by atoms with van der Waals surface area (Å²) in [4.78, 5) is 22.1. The van der Waals surface area contributed by atoms with Crippen molar-refractivity contribution in [3.05, 3.63) is 34.4 Å². The van der Waals surface area contributed by atoms with Crippen LogP contribution < -0.4 is 5.32 Å². The Morgan fingerprint density at radius 2 is 1.83 bits per heavy atom. The summed E-state index contributed by atoms with van der Waals surface area (Å²) in [6.07, 6.45) is 0.704. The lowest BCUT2D eigenvalue weighted by Gasteiger charge is -2.11. The minimum Gasteiger partial charge on any atom is -0.462 e. The predicted octanol–water partition coefficient (Wildman–Crippen LogP) is 1.44. The fourth-order valence-electron chi connectivity index (χ4n) is 1.76. The second-order valence-electron chi connectivity index (χ2n) is 4.29. The van der Waals surface area contributed by atoms with E-state index < -0.39 is 11.9 Å². The number of hydrogen-bond donors (Lipinski definition) is 1. The molecule has 1 aromatic carbocycles. The van der Waals surface area contributed by atoms with Crippen LogP contribution in [0.25, 0.3) is 0 Å². The number of esters is 1. The topological polar surface area (TPSA) is 55.4 Å². The summed E-state index contributed by atoms with van der Waals surface area (Å²) in [5.41, 5.74) is 4.95. The number of carbonyl (C=O) groups is 2. The number of aryl methyl sites for hydroxylation is 1. The van der Waals surface area contributed by atoms with E-state index >= 15 is 0 Å². The number of hydrogen-bond acceptors (Lipinski definition) is 3.